The Morgan fingerprint density at radius 2 is 1.64 bits per heavy atom. The van der Waals surface area contributed by atoms with Crippen molar-refractivity contribution >= 4 is 23.2 Å². The van der Waals surface area contributed by atoms with Crippen LogP contribution in [0.15, 0.2) is 36.4 Å². The average Bonchev–Trinajstić information content (AvgIpc) is 2.72. The highest BCUT2D eigenvalue weighted by atomic mass is 16.2. The second-order valence-electron chi connectivity index (χ2n) is 7.84. The Kier molecular flexibility index (Phi) is 4.84. The Balaban J connectivity index is 1.43. The largest absolute Gasteiger partial charge is 0.368 e. The number of benzene rings is 2. The molecule has 2 heterocycles. The van der Waals surface area contributed by atoms with Gasteiger partial charge in [-0.05, 0) is 67.3 Å². The van der Waals surface area contributed by atoms with Crippen molar-refractivity contribution < 1.29 is 9.59 Å². The molecule has 0 atom stereocenters. The lowest BCUT2D eigenvalue weighted by molar-refractivity contribution is -0.118. The van der Waals surface area contributed by atoms with E-state index in [9.17, 15) is 9.59 Å². The molecule has 0 aromatic heterocycles. The van der Waals surface area contributed by atoms with E-state index < -0.39 is 0 Å². The summed E-state index contributed by atoms with van der Waals surface area (Å²) in [5, 5.41) is 0. The van der Waals surface area contributed by atoms with E-state index in [1.807, 2.05) is 43.1 Å². The van der Waals surface area contributed by atoms with Crippen LogP contribution >= 0.6 is 0 Å². The average molecular weight is 377 g/mol. The number of amides is 2. The van der Waals surface area contributed by atoms with Gasteiger partial charge in [0, 0.05) is 56.6 Å². The number of fused-ring (bicyclic) bond motifs is 1. The summed E-state index contributed by atoms with van der Waals surface area (Å²) in [6.07, 6.45) is 1.38. The molecule has 1 saturated heterocycles. The summed E-state index contributed by atoms with van der Waals surface area (Å²) in [5.41, 5.74) is 6.57. The van der Waals surface area contributed by atoms with Crippen molar-refractivity contribution in [3.05, 3.63) is 58.7 Å². The van der Waals surface area contributed by atoms with Crippen LogP contribution in [0.4, 0.5) is 11.4 Å². The zero-order valence-electron chi connectivity index (χ0n) is 16.9. The van der Waals surface area contributed by atoms with Gasteiger partial charge < -0.3 is 14.7 Å². The molecule has 0 saturated carbocycles. The lowest BCUT2D eigenvalue weighted by atomic mass is 10.0. The van der Waals surface area contributed by atoms with Gasteiger partial charge in [0.1, 0.15) is 0 Å². The summed E-state index contributed by atoms with van der Waals surface area (Å²) < 4.78 is 0. The second-order valence-corrected chi connectivity index (χ2v) is 7.84. The predicted octanol–water partition coefficient (Wildman–Crippen LogP) is 3.17. The Morgan fingerprint density at radius 3 is 2.36 bits per heavy atom. The summed E-state index contributed by atoms with van der Waals surface area (Å²) in [4.78, 5) is 30.7. The molecule has 0 N–H and O–H groups in total. The summed E-state index contributed by atoms with van der Waals surface area (Å²) in [5.74, 6) is 0.298. The van der Waals surface area contributed by atoms with Crippen LogP contribution in [-0.4, -0.2) is 49.9 Å². The summed E-state index contributed by atoms with van der Waals surface area (Å²) >= 11 is 0. The minimum atomic E-state index is 0.119. The molecule has 4 rings (SSSR count). The molecule has 0 spiro atoms. The zero-order valence-corrected chi connectivity index (χ0v) is 16.9. The SMILES string of the molecule is Cc1ccc(C(=O)N2CCN(c3ccc4c(c3)CCC(=O)N4C)CC2)cc1C. The van der Waals surface area contributed by atoms with Gasteiger partial charge in [0.05, 0.1) is 0 Å². The van der Waals surface area contributed by atoms with Gasteiger partial charge in [-0.2, -0.15) is 0 Å². The number of piperazine rings is 1. The summed E-state index contributed by atoms with van der Waals surface area (Å²) in [6, 6.07) is 12.3. The number of nitrogens with zero attached hydrogens (tertiary/aromatic N) is 3. The molecule has 2 aromatic carbocycles. The second kappa shape index (κ2) is 7.30. The van der Waals surface area contributed by atoms with E-state index >= 15 is 0 Å². The lowest BCUT2D eigenvalue weighted by Gasteiger charge is -2.37. The standard InChI is InChI=1S/C23H27N3O2/c1-16-4-5-19(14-17(16)2)23(28)26-12-10-25(11-13-26)20-7-8-21-18(15-20)6-9-22(27)24(21)3/h4-5,7-8,14-15H,6,9-13H2,1-3H3. The lowest BCUT2D eigenvalue weighted by Crippen LogP contribution is -2.48. The fraction of sp³-hybridized carbons (Fsp3) is 0.391. The quantitative estimate of drug-likeness (QED) is 0.807. The first kappa shape index (κ1) is 18.5. The normalized spacial score (nSPS) is 17.0. The first-order valence-electron chi connectivity index (χ1n) is 9.95. The van der Waals surface area contributed by atoms with Crippen LogP contribution < -0.4 is 9.80 Å². The molecule has 1 fully saturated rings. The van der Waals surface area contributed by atoms with Gasteiger partial charge in [-0.25, -0.2) is 0 Å². The van der Waals surface area contributed by atoms with Gasteiger partial charge in [-0.1, -0.05) is 6.07 Å². The predicted molar refractivity (Wildman–Crippen MR) is 112 cm³/mol. The Hall–Kier alpha value is -2.82. The van der Waals surface area contributed by atoms with E-state index in [0.717, 1.165) is 49.4 Å². The van der Waals surface area contributed by atoms with Crippen molar-refractivity contribution in [3.63, 3.8) is 0 Å². The fourth-order valence-electron chi connectivity index (χ4n) is 4.06. The molecule has 5 nitrogen and oxygen atoms in total. The van der Waals surface area contributed by atoms with E-state index in [2.05, 4.69) is 24.0 Å². The first-order valence-corrected chi connectivity index (χ1v) is 9.95. The zero-order chi connectivity index (χ0) is 19.8. The number of anilines is 2. The number of hydrogen-bond donors (Lipinski definition) is 0. The Bertz CT molecular complexity index is 929. The van der Waals surface area contributed by atoms with Crippen LogP contribution in [0, 0.1) is 13.8 Å². The third-order valence-corrected chi connectivity index (χ3v) is 6.09. The van der Waals surface area contributed by atoms with Crippen LogP contribution in [0.25, 0.3) is 0 Å². The minimum Gasteiger partial charge on any atom is -0.368 e. The molecule has 0 aliphatic carbocycles. The molecule has 0 bridgehead atoms. The maximum absolute atomic E-state index is 12.8. The Labute approximate surface area is 166 Å². The highest BCUT2D eigenvalue weighted by molar-refractivity contribution is 5.96. The van der Waals surface area contributed by atoms with Gasteiger partial charge in [-0.3, -0.25) is 9.59 Å². The number of aryl methyl sites for hydroxylation is 3. The highest BCUT2D eigenvalue weighted by Gasteiger charge is 2.25. The molecule has 5 heteroatoms. The maximum atomic E-state index is 12.8. The van der Waals surface area contributed by atoms with Gasteiger partial charge in [0.2, 0.25) is 5.91 Å². The third kappa shape index (κ3) is 3.37. The first-order chi connectivity index (χ1) is 13.4. The number of hydrogen-bond acceptors (Lipinski definition) is 3. The molecule has 2 aliphatic rings. The van der Waals surface area contributed by atoms with Crippen molar-refractivity contribution in [3.8, 4) is 0 Å². The van der Waals surface area contributed by atoms with Crippen molar-refractivity contribution in [2.75, 3.05) is 43.0 Å². The van der Waals surface area contributed by atoms with E-state index in [1.165, 1.54) is 16.8 Å². The van der Waals surface area contributed by atoms with Crippen LogP contribution in [0.3, 0.4) is 0 Å². The van der Waals surface area contributed by atoms with Gasteiger partial charge >= 0.3 is 0 Å². The molecule has 0 radical (unpaired) electrons. The molecule has 28 heavy (non-hydrogen) atoms. The molecule has 2 aliphatic heterocycles. The third-order valence-electron chi connectivity index (χ3n) is 6.09. The smallest absolute Gasteiger partial charge is 0.253 e. The van der Waals surface area contributed by atoms with Gasteiger partial charge in [0.15, 0.2) is 0 Å². The number of rotatable bonds is 2. The van der Waals surface area contributed by atoms with Crippen molar-refractivity contribution in [2.45, 2.75) is 26.7 Å². The number of carbonyl (C=O) groups excluding carboxylic acids is 2. The minimum absolute atomic E-state index is 0.119. The summed E-state index contributed by atoms with van der Waals surface area (Å²) in [7, 11) is 1.84. The highest BCUT2D eigenvalue weighted by Crippen LogP contribution is 2.31. The monoisotopic (exact) mass is 377 g/mol. The van der Waals surface area contributed by atoms with Crippen LogP contribution in [0.2, 0.25) is 0 Å². The fourth-order valence-corrected chi connectivity index (χ4v) is 4.06. The van der Waals surface area contributed by atoms with Gasteiger partial charge in [-0.15, -0.1) is 0 Å². The van der Waals surface area contributed by atoms with Crippen LogP contribution in [-0.2, 0) is 11.2 Å². The van der Waals surface area contributed by atoms with E-state index in [1.54, 1.807) is 4.90 Å². The van der Waals surface area contributed by atoms with E-state index in [-0.39, 0.29) is 11.8 Å². The van der Waals surface area contributed by atoms with E-state index in [4.69, 9.17) is 0 Å². The molecular weight excluding hydrogens is 350 g/mol. The van der Waals surface area contributed by atoms with Crippen LogP contribution in [0.5, 0.6) is 0 Å². The van der Waals surface area contributed by atoms with Crippen molar-refractivity contribution in [1.82, 2.24) is 4.90 Å². The molecule has 2 amide bonds. The molecule has 2 aromatic rings. The Morgan fingerprint density at radius 1 is 0.893 bits per heavy atom. The van der Waals surface area contributed by atoms with E-state index in [0.29, 0.717) is 6.42 Å². The van der Waals surface area contributed by atoms with Crippen molar-refractivity contribution in [1.29, 1.82) is 0 Å². The maximum Gasteiger partial charge on any atom is 0.253 e. The summed E-state index contributed by atoms with van der Waals surface area (Å²) in [6.45, 7) is 7.20. The number of carbonyl (C=O) groups is 2. The topological polar surface area (TPSA) is 43.9 Å². The van der Waals surface area contributed by atoms with Gasteiger partial charge in [0.25, 0.3) is 5.91 Å². The molecule has 0 unspecified atom stereocenters. The molecular formula is C23H27N3O2. The molecule has 146 valence electrons. The van der Waals surface area contributed by atoms with Crippen molar-refractivity contribution in [2.24, 2.45) is 0 Å². The van der Waals surface area contributed by atoms with Crippen LogP contribution in [0.1, 0.15) is 33.5 Å².